The molecule has 2 N–H and O–H groups in total. The second-order valence-electron chi connectivity index (χ2n) is 10.5. The summed E-state index contributed by atoms with van der Waals surface area (Å²) in [5.41, 5.74) is -0.523. The van der Waals surface area contributed by atoms with Gasteiger partial charge in [-0.25, -0.2) is 4.79 Å². The van der Waals surface area contributed by atoms with Crippen molar-refractivity contribution in [2.45, 2.75) is 51.6 Å². The van der Waals surface area contributed by atoms with Crippen LogP contribution in [0.1, 0.15) is 39.2 Å². The van der Waals surface area contributed by atoms with E-state index in [-0.39, 0.29) is 24.3 Å². The minimum absolute atomic E-state index is 0.0438. The molecule has 3 aliphatic heterocycles. The van der Waals surface area contributed by atoms with E-state index in [0.717, 1.165) is 11.3 Å². The van der Waals surface area contributed by atoms with E-state index in [4.69, 9.17) is 0 Å². The lowest BCUT2D eigenvalue weighted by Crippen LogP contribution is -2.68. The van der Waals surface area contributed by atoms with E-state index in [1.165, 1.54) is 0 Å². The van der Waals surface area contributed by atoms with Gasteiger partial charge in [0.2, 0.25) is 5.91 Å². The first-order valence-electron chi connectivity index (χ1n) is 11.7. The van der Waals surface area contributed by atoms with Gasteiger partial charge in [0.15, 0.2) is 0 Å². The van der Waals surface area contributed by atoms with Crippen molar-refractivity contribution in [2.24, 2.45) is 5.41 Å². The Morgan fingerprint density at radius 1 is 1.21 bits per heavy atom. The molecule has 0 spiro atoms. The first-order chi connectivity index (χ1) is 16.0. The van der Waals surface area contributed by atoms with Gasteiger partial charge in [0, 0.05) is 51.2 Å². The topological polar surface area (TPSA) is 109 Å². The average Bonchev–Trinajstić information content (AvgIpc) is 3.29. The van der Waals surface area contributed by atoms with E-state index in [1.54, 1.807) is 23.4 Å². The van der Waals surface area contributed by atoms with Crippen LogP contribution in [-0.4, -0.2) is 92.7 Å². The van der Waals surface area contributed by atoms with E-state index >= 15 is 0 Å². The third-order valence-corrected chi connectivity index (χ3v) is 7.23. The highest BCUT2D eigenvalue weighted by Gasteiger charge is 2.52. The predicted octanol–water partition coefficient (Wildman–Crippen LogP) is 1.51. The van der Waals surface area contributed by atoms with E-state index < -0.39 is 17.0 Å². The minimum Gasteiger partial charge on any atom is -0.465 e. The first kappa shape index (κ1) is 23.8. The van der Waals surface area contributed by atoms with Crippen molar-refractivity contribution >= 4 is 17.9 Å². The van der Waals surface area contributed by atoms with Crippen molar-refractivity contribution < 1.29 is 19.5 Å². The number of carboxylic acid groups (broad SMARTS) is 1. The van der Waals surface area contributed by atoms with Crippen LogP contribution in [-0.2, 0) is 16.0 Å². The van der Waals surface area contributed by atoms with Crippen molar-refractivity contribution in [3.05, 3.63) is 42.0 Å². The number of nitrogens with one attached hydrogen (secondary N) is 1. The number of aromatic nitrogens is 1. The van der Waals surface area contributed by atoms with E-state index in [9.17, 15) is 19.5 Å². The zero-order valence-electron chi connectivity index (χ0n) is 20.3. The van der Waals surface area contributed by atoms with Gasteiger partial charge in [-0.05, 0) is 29.9 Å². The summed E-state index contributed by atoms with van der Waals surface area (Å²) in [5, 5.41) is 12.3. The Balaban J connectivity index is 1.51. The molecule has 10 nitrogen and oxygen atoms in total. The lowest BCUT2D eigenvalue weighted by molar-refractivity contribution is -0.145. The van der Waals surface area contributed by atoms with E-state index in [2.05, 4.69) is 15.2 Å². The predicted molar refractivity (Wildman–Crippen MR) is 125 cm³/mol. The molecule has 4 rings (SSSR count). The summed E-state index contributed by atoms with van der Waals surface area (Å²) in [6.07, 6.45) is 5.50. The molecule has 0 saturated carbocycles. The molecule has 1 aromatic rings. The van der Waals surface area contributed by atoms with Crippen LogP contribution < -0.4 is 5.32 Å². The van der Waals surface area contributed by atoms with Gasteiger partial charge in [0.25, 0.3) is 5.91 Å². The third kappa shape index (κ3) is 4.28. The number of hydrogen-bond donors (Lipinski definition) is 2. The number of likely N-dealkylation sites (tertiary alicyclic amines) is 1. The summed E-state index contributed by atoms with van der Waals surface area (Å²) in [6.45, 7) is 7.86. The molecule has 2 saturated heterocycles. The quantitative estimate of drug-likeness (QED) is 0.671. The molecule has 0 radical (unpaired) electrons. The van der Waals surface area contributed by atoms with Crippen LogP contribution in [0.3, 0.4) is 0 Å². The fraction of sp³-hybridized carbons (Fsp3) is 0.583. The highest BCUT2D eigenvalue weighted by Crippen LogP contribution is 2.37. The fourth-order valence-corrected chi connectivity index (χ4v) is 5.25. The van der Waals surface area contributed by atoms with Crippen molar-refractivity contribution in [2.75, 3.05) is 33.5 Å². The monoisotopic (exact) mass is 470 g/mol. The number of pyridine rings is 1. The molecule has 0 aromatic carbocycles. The molecular weight excluding hydrogens is 436 g/mol. The second-order valence-corrected chi connectivity index (χ2v) is 10.5. The number of rotatable bonds is 5. The molecule has 0 bridgehead atoms. The van der Waals surface area contributed by atoms with Crippen LogP contribution in [0, 0.1) is 5.41 Å². The normalized spacial score (nSPS) is 20.8. The molecule has 184 valence electrons. The Labute approximate surface area is 200 Å². The molecule has 1 atom stereocenters. The Kier molecular flexibility index (Phi) is 6.18. The summed E-state index contributed by atoms with van der Waals surface area (Å²) in [5.74, 6) is -0.190. The number of amides is 3. The molecule has 3 amide bonds. The maximum absolute atomic E-state index is 14.0. The van der Waals surface area contributed by atoms with Crippen molar-refractivity contribution in [1.82, 2.24) is 29.9 Å². The van der Waals surface area contributed by atoms with Gasteiger partial charge in [0.1, 0.15) is 11.2 Å². The van der Waals surface area contributed by atoms with Crippen LogP contribution in [0.4, 0.5) is 4.79 Å². The first-order valence-corrected chi connectivity index (χ1v) is 11.7. The lowest BCUT2D eigenvalue weighted by Gasteiger charge is -2.47. The molecule has 10 heteroatoms. The Bertz CT molecular complexity index is 983. The van der Waals surface area contributed by atoms with Gasteiger partial charge in [-0.3, -0.25) is 14.6 Å². The molecule has 34 heavy (non-hydrogen) atoms. The zero-order valence-corrected chi connectivity index (χ0v) is 20.3. The van der Waals surface area contributed by atoms with Crippen LogP contribution in [0.25, 0.3) is 0 Å². The minimum atomic E-state index is -1.35. The summed E-state index contributed by atoms with van der Waals surface area (Å²) >= 11 is 0. The van der Waals surface area contributed by atoms with E-state index in [1.807, 2.05) is 49.9 Å². The van der Waals surface area contributed by atoms with Crippen LogP contribution >= 0.6 is 0 Å². The molecule has 0 aliphatic carbocycles. The SMILES string of the molecule is CN1C=C2C(=O)N(C3CCN(C(=O)[C@](Cc4cccnc4)(NC(=O)O)C(C)(C)C)CC3)CN2C1. The van der Waals surface area contributed by atoms with Gasteiger partial charge in [-0.2, -0.15) is 0 Å². The van der Waals surface area contributed by atoms with Crippen molar-refractivity contribution in [3.8, 4) is 0 Å². The van der Waals surface area contributed by atoms with Crippen molar-refractivity contribution in [1.29, 1.82) is 0 Å². The van der Waals surface area contributed by atoms with E-state index in [0.29, 0.717) is 39.3 Å². The van der Waals surface area contributed by atoms with Gasteiger partial charge < -0.3 is 30.0 Å². The molecule has 0 unspecified atom stereocenters. The highest BCUT2D eigenvalue weighted by molar-refractivity contribution is 5.95. The largest absolute Gasteiger partial charge is 0.465 e. The fourth-order valence-electron chi connectivity index (χ4n) is 5.25. The molecule has 1 aromatic heterocycles. The maximum atomic E-state index is 14.0. The molecule has 3 aliphatic rings. The van der Waals surface area contributed by atoms with Crippen LogP contribution in [0.15, 0.2) is 36.4 Å². The number of nitrogens with zero attached hydrogens (tertiary/aromatic N) is 5. The van der Waals surface area contributed by atoms with Gasteiger partial charge in [-0.15, -0.1) is 0 Å². The molecular formula is C24H34N6O4. The average molecular weight is 471 g/mol. The van der Waals surface area contributed by atoms with Gasteiger partial charge in [-0.1, -0.05) is 26.8 Å². The summed E-state index contributed by atoms with van der Waals surface area (Å²) in [6, 6.07) is 3.70. The number of carbonyl (C=O) groups is 3. The zero-order chi connectivity index (χ0) is 24.7. The Morgan fingerprint density at radius 3 is 2.47 bits per heavy atom. The summed E-state index contributed by atoms with van der Waals surface area (Å²) in [4.78, 5) is 50.6. The Morgan fingerprint density at radius 2 is 1.91 bits per heavy atom. The maximum Gasteiger partial charge on any atom is 0.405 e. The molecule has 2 fully saturated rings. The smallest absolute Gasteiger partial charge is 0.405 e. The van der Waals surface area contributed by atoms with Gasteiger partial charge >= 0.3 is 6.09 Å². The van der Waals surface area contributed by atoms with Crippen LogP contribution in [0.5, 0.6) is 0 Å². The second kappa shape index (κ2) is 8.81. The van der Waals surface area contributed by atoms with Crippen LogP contribution in [0.2, 0.25) is 0 Å². The Hall–Kier alpha value is -3.30. The third-order valence-electron chi connectivity index (χ3n) is 7.23. The summed E-state index contributed by atoms with van der Waals surface area (Å²) in [7, 11) is 1.95. The number of piperidine rings is 1. The number of hydrogen-bond acceptors (Lipinski definition) is 6. The number of carbonyl (C=O) groups excluding carboxylic acids is 2. The molecule has 4 heterocycles. The number of fused-ring (bicyclic) bond motifs is 1. The highest BCUT2D eigenvalue weighted by atomic mass is 16.4. The summed E-state index contributed by atoms with van der Waals surface area (Å²) < 4.78 is 0. The lowest BCUT2D eigenvalue weighted by atomic mass is 9.69. The van der Waals surface area contributed by atoms with Gasteiger partial charge in [0.05, 0.1) is 13.3 Å². The standard InChI is InChI=1S/C24H34N6O4/c1-23(2,3)24(26-22(33)34,12-17-6-5-9-25-13-17)21(32)28-10-7-18(8-11-28)30-16-29-15-27(4)14-19(29)20(30)31/h5-6,9,13-14,18,26H,7-8,10-12,15-16H2,1-4H3,(H,33,34)/t24-/m0/s1. The van der Waals surface area contributed by atoms with Crippen molar-refractivity contribution in [3.63, 3.8) is 0 Å².